The van der Waals surface area contributed by atoms with Crippen LogP contribution in [0.4, 0.5) is 0 Å². The van der Waals surface area contributed by atoms with Crippen LogP contribution in [0.25, 0.3) is 0 Å². The van der Waals surface area contributed by atoms with Crippen LogP contribution in [0.2, 0.25) is 0 Å². The Bertz CT molecular complexity index is 678. The van der Waals surface area contributed by atoms with Crippen molar-refractivity contribution in [1.82, 2.24) is 5.32 Å². The summed E-state index contributed by atoms with van der Waals surface area (Å²) in [5, 5.41) is 3.11. The molecular weight excluding hydrogens is 302 g/mol. The predicted molar refractivity (Wildman–Crippen MR) is 93.5 cm³/mol. The Kier molecular flexibility index (Phi) is 5.16. The minimum absolute atomic E-state index is 0.0615. The monoisotopic (exact) mass is 325 g/mol. The topological polar surface area (TPSA) is 47.6 Å². The van der Waals surface area contributed by atoms with Crippen molar-refractivity contribution in [1.29, 1.82) is 0 Å². The highest BCUT2D eigenvalue weighted by atomic mass is 16.5. The van der Waals surface area contributed by atoms with Crippen LogP contribution in [0, 0.1) is 0 Å². The summed E-state index contributed by atoms with van der Waals surface area (Å²) in [6.45, 7) is 2.06. The van der Waals surface area contributed by atoms with E-state index < -0.39 is 0 Å². The molecule has 2 aromatic carbocycles. The Labute approximate surface area is 142 Å². The Morgan fingerprint density at radius 3 is 2.58 bits per heavy atom. The number of benzene rings is 2. The Morgan fingerprint density at radius 1 is 1.12 bits per heavy atom. The normalized spacial score (nSPS) is 16.4. The molecule has 0 aliphatic carbocycles. The van der Waals surface area contributed by atoms with Crippen LogP contribution in [0.15, 0.2) is 54.6 Å². The Hall–Kier alpha value is -2.33. The predicted octanol–water partition coefficient (Wildman–Crippen LogP) is 3.17. The van der Waals surface area contributed by atoms with Gasteiger partial charge in [-0.15, -0.1) is 0 Å². The molecule has 1 aliphatic heterocycles. The summed E-state index contributed by atoms with van der Waals surface area (Å²) < 4.78 is 10.7. The zero-order valence-electron chi connectivity index (χ0n) is 14.0. The molecule has 3 rings (SSSR count). The first-order valence-corrected chi connectivity index (χ1v) is 8.29. The number of amides is 1. The third kappa shape index (κ3) is 3.60. The van der Waals surface area contributed by atoms with Crippen molar-refractivity contribution >= 4 is 5.91 Å². The Morgan fingerprint density at radius 2 is 1.88 bits per heavy atom. The number of rotatable bonds is 5. The van der Waals surface area contributed by atoms with Gasteiger partial charge in [-0.1, -0.05) is 36.4 Å². The van der Waals surface area contributed by atoms with Crippen molar-refractivity contribution in [2.24, 2.45) is 0 Å². The quantitative estimate of drug-likeness (QED) is 0.918. The molecule has 1 fully saturated rings. The summed E-state index contributed by atoms with van der Waals surface area (Å²) in [5.41, 5.74) is 1.82. The molecule has 126 valence electrons. The zero-order valence-corrected chi connectivity index (χ0v) is 14.0. The molecule has 1 amide bonds. The maximum absolute atomic E-state index is 12.5. The van der Waals surface area contributed by atoms with Gasteiger partial charge in [-0.05, 0) is 36.6 Å². The average Bonchev–Trinajstić information content (AvgIpc) is 2.67. The third-order valence-electron chi connectivity index (χ3n) is 4.76. The lowest BCUT2D eigenvalue weighted by Crippen LogP contribution is -2.44. The molecule has 4 nitrogen and oxygen atoms in total. The van der Waals surface area contributed by atoms with Crippen LogP contribution in [-0.4, -0.2) is 32.8 Å². The fourth-order valence-electron chi connectivity index (χ4n) is 3.24. The molecular formula is C20H23NO3. The van der Waals surface area contributed by atoms with Crippen molar-refractivity contribution in [2.75, 3.05) is 26.9 Å². The zero-order chi connectivity index (χ0) is 16.8. The second kappa shape index (κ2) is 7.49. The number of carbonyl (C=O) groups excluding carboxylic acids is 1. The van der Waals surface area contributed by atoms with Gasteiger partial charge in [0, 0.05) is 30.7 Å². The number of nitrogens with one attached hydrogen (secondary N) is 1. The van der Waals surface area contributed by atoms with Crippen molar-refractivity contribution < 1.29 is 14.3 Å². The number of hydrogen-bond acceptors (Lipinski definition) is 3. The van der Waals surface area contributed by atoms with E-state index in [-0.39, 0.29) is 11.3 Å². The summed E-state index contributed by atoms with van der Waals surface area (Å²) in [6, 6.07) is 17.6. The molecule has 0 radical (unpaired) electrons. The van der Waals surface area contributed by atoms with E-state index >= 15 is 0 Å². The van der Waals surface area contributed by atoms with Gasteiger partial charge in [0.05, 0.1) is 7.11 Å². The van der Waals surface area contributed by atoms with Crippen LogP contribution < -0.4 is 10.1 Å². The molecule has 1 heterocycles. The van der Waals surface area contributed by atoms with Gasteiger partial charge in [-0.2, -0.15) is 0 Å². The molecule has 1 saturated heterocycles. The van der Waals surface area contributed by atoms with Gasteiger partial charge in [0.25, 0.3) is 5.91 Å². The lowest BCUT2D eigenvalue weighted by atomic mass is 9.74. The molecule has 0 saturated carbocycles. The second-order valence-electron chi connectivity index (χ2n) is 6.17. The van der Waals surface area contributed by atoms with Gasteiger partial charge in [0.15, 0.2) is 0 Å². The maximum atomic E-state index is 12.5. The van der Waals surface area contributed by atoms with E-state index in [0.717, 1.165) is 26.1 Å². The molecule has 0 atom stereocenters. The third-order valence-corrected chi connectivity index (χ3v) is 4.76. The molecule has 24 heavy (non-hydrogen) atoms. The highest BCUT2D eigenvalue weighted by Crippen LogP contribution is 2.34. The van der Waals surface area contributed by atoms with Crippen molar-refractivity contribution in [3.8, 4) is 5.75 Å². The number of carbonyl (C=O) groups is 1. The number of methoxy groups -OCH3 is 1. The van der Waals surface area contributed by atoms with E-state index in [2.05, 4.69) is 29.6 Å². The van der Waals surface area contributed by atoms with Crippen LogP contribution in [0.1, 0.15) is 28.8 Å². The minimum atomic E-state index is -0.0734. The van der Waals surface area contributed by atoms with E-state index in [1.165, 1.54) is 5.56 Å². The molecule has 2 aromatic rings. The number of ether oxygens (including phenoxy) is 2. The van der Waals surface area contributed by atoms with Crippen LogP contribution in [0.3, 0.4) is 0 Å². The fourth-order valence-corrected chi connectivity index (χ4v) is 3.24. The lowest BCUT2D eigenvalue weighted by Gasteiger charge is -2.38. The van der Waals surface area contributed by atoms with E-state index in [0.29, 0.717) is 17.9 Å². The van der Waals surface area contributed by atoms with E-state index in [9.17, 15) is 4.79 Å². The first-order valence-electron chi connectivity index (χ1n) is 8.29. The molecule has 0 aromatic heterocycles. The molecule has 0 unspecified atom stereocenters. The van der Waals surface area contributed by atoms with Crippen molar-refractivity contribution in [2.45, 2.75) is 18.3 Å². The molecule has 4 heteroatoms. The second-order valence-corrected chi connectivity index (χ2v) is 6.17. The summed E-state index contributed by atoms with van der Waals surface area (Å²) in [5.74, 6) is 0.613. The van der Waals surface area contributed by atoms with Crippen molar-refractivity contribution in [3.63, 3.8) is 0 Å². The summed E-state index contributed by atoms with van der Waals surface area (Å²) in [6.07, 6.45) is 1.82. The summed E-state index contributed by atoms with van der Waals surface area (Å²) >= 11 is 0. The average molecular weight is 325 g/mol. The van der Waals surface area contributed by atoms with Crippen LogP contribution in [0.5, 0.6) is 5.75 Å². The molecule has 1 aliphatic rings. The van der Waals surface area contributed by atoms with Gasteiger partial charge in [0.1, 0.15) is 5.75 Å². The lowest BCUT2D eigenvalue weighted by molar-refractivity contribution is 0.0487. The smallest absolute Gasteiger partial charge is 0.251 e. The van der Waals surface area contributed by atoms with Gasteiger partial charge >= 0.3 is 0 Å². The maximum Gasteiger partial charge on any atom is 0.251 e. The first-order chi connectivity index (χ1) is 11.7. The van der Waals surface area contributed by atoms with Crippen molar-refractivity contribution in [3.05, 3.63) is 65.7 Å². The molecule has 1 N–H and O–H groups in total. The van der Waals surface area contributed by atoms with Gasteiger partial charge in [-0.25, -0.2) is 0 Å². The SMILES string of the molecule is COc1cccc(C(=O)NCC2(c3ccccc3)CCOCC2)c1. The van der Waals surface area contributed by atoms with Crippen LogP contribution >= 0.6 is 0 Å². The summed E-state index contributed by atoms with van der Waals surface area (Å²) in [7, 11) is 1.60. The Balaban J connectivity index is 1.75. The molecule has 0 spiro atoms. The van der Waals surface area contributed by atoms with Gasteiger partial charge in [-0.3, -0.25) is 4.79 Å². The van der Waals surface area contributed by atoms with Crippen LogP contribution in [-0.2, 0) is 10.2 Å². The van der Waals surface area contributed by atoms with Gasteiger partial charge < -0.3 is 14.8 Å². The fraction of sp³-hybridized carbons (Fsp3) is 0.350. The standard InChI is InChI=1S/C20H23NO3/c1-23-18-9-5-6-16(14-18)19(22)21-15-20(10-12-24-13-11-20)17-7-3-2-4-8-17/h2-9,14H,10-13,15H2,1H3,(H,21,22). The minimum Gasteiger partial charge on any atom is -0.497 e. The summed E-state index contributed by atoms with van der Waals surface area (Å²) in [4.78, 5) is 12.5. The first kappa shape index (κ1) is 16.5. The van der Waals surface area contributed by atoms with E-state index in [1.807, 2.05) is 18.2 Å². The highest BCUT2D eigenvalue weighted by molar-refractivity contribution is 5.94. The van der Waals surface area contributed by atoms with Gasteiger partial charge in [0.2, 0.25) is 0 Å². The molecule has 0 bridgehead atoms. The largest absolute Gasteiger partial charge is 0.497 e. The number of hydrogen-bond donors (Lipinski definition) is 1. The van der Waals surface area contributed by atoms with E-state index in [1.54, 1.807) is 19.2 Å². The van der Waals surface area contributed by atoms with E-state index in [4.69, 9.17) is 9.47 Å². The highest BCUT2D eigenvalue weighted by Gasteiger charge is 2.34.